The van der Waals surface area contributed by atoms with Crippen molar-refractivity contribution >= 4 is 5.91 Å². The second-order valence-electron chi connectivity index (χ2n) is 6.74. The molecular formula is C19H15F4N5O2. The van der Waals surface area contributed by atoms with Crippen LogP contribution in [0.3, 0.4) is 0 Å². The number of amides is 1. The van der Waals surface area contributed by atoms with Crippen molar-refractivity contribution < 1.29 is 27.1 Å². The van der Waals surface area contributed by atoms with Gasteiger partial charge in [0.2, 0.25) is 5.91 Å². The first-order chi connectivity index (χ1) is 14.3. The fraction of sp³-hybridized carbons (Fsp3) is 0.263. The van der Waals surface area contributed by atoms with Gasteiger partial charge in [-0.25, -0.2) is 4.39 Å². The van der Waals surface area contributed by atoms with Crippen LogP contribution in [-0.2, 0) is 30.4 Å². The smallest absolute Gasteiger partial charge is 0.419 e. The number of fused-ring (bicyclic) bond motifs is 1. The van der Waals surface area contributed by atoms with Crippen LogP contribution in [0, 0.1) is 5.82 Å². The predicted octanol–water partition coefficient (Wildman–Crippen LogP) is 3.28. The molecule has 0 saturated heterocycles. The molecule has 7 nitrogen and oxygen atoms in total. The fourth-order valence-electron chi connectivity index (χ4n) is 3.24. The first-order valence-corrected chi connectivity index (χ1v) is 8.96. The van der Waals surface area contributed by atoms with Crippen molar-refractivity contribution in [2.45, 2.75) is 25.6 Å². The van der Waals surface area contributed by atoms with Gasteiger partial charge in [-0.3, -0.25) is 4.79 Å². The summed E-state index contributed by atoms with van der Waals surface area (Å²) in [5, 5.41) is 13.3. The summed E-state index contributed by atoms with van der Waals surface area (Å²) in [6.45, 7) is 0.874. The first-order valence-electron chi connectivity index (χ1n) is 8.96. The van der Waals surface area contributed by atoms with Crippen LogP contribution in [0.15, 0.2) is 36.4 Å². The summed E-state index contributed by atoms with van der Waals surface area (Å²) in [6, 6.07) is 7.58. The van der Waals surface area contributed by atoms with Gasteiger partial charge in [0.05, 0.1) is 12.0 Å². The predicted molar refractivity (Wildman–Crippen MR) is 94.9 cm³/mol. The maximum atomic E-state index is 13.8. The van der Waals surface area contributed by atoms with Crippen LogP contribution in [0.1, 0.15) is 22.5 Å². The Balaban J connectivity index is 1.48. The number of rotatable bonds is 4. The Labute approximate surface area is 167 Å². The van der Waals surface area contributed by atoms with E-state index in [1.165, 1.54) is 0 Å². The van der Waals surface area contributed by atoms with Crippen molar-refractivity contribution in [3.8, 4) is 11.5 Å². The number of halogens is 4. The molecule has 0 fully saturated rings. The van der Waals surface area contributed by atoms with Gasteiger partial charge in [-0.1, -0.05) is 11.3 Å². The van der Waals surface area contributed by atoms with Crippen molar-refractivity contribution in [2.24, 2.45) is 0 Å². The van der Waals surface area contributed by atoms with Gasteiger partial charge in [0, 0.05) is 19.2 Å². The van der Waals surface area contributed by atoms with Gasteiger partial charge >= 0.3 is 6.18 Å². The maximum Gasteiger partial charge on any atom is 0.419 e. The van der Waals surface area contributed by atoms with E-state index in [1.807, 2.05) is 6.07 Å². The number of benzene rings is 2. The highest BCUT2D eigenvalue weighted by molar-refractivity contribution is 5.78. The summed E-state index contributed by atoms with van der Waals surface area (Å²) in [7, 11) is 0. The number of aromatic nitrogens is 4. The van der Waals surface area contributed by atoms with E-state index in [-0.39, 0.29) is 18.1 Å². The number of carbonyl (C=O) groups excluding carboxylic acids is 1. The van der Waals surface area contributed by atoms with Crippen LogP contribution in [-0.4, -0.2) is 38.0 Å². The number of hydrogen-bond donors (Lipinski definition) is 1. The molecule has 1 aliphatic rings. The van der Waals surface area contributed by atoms with E-state index in [1.54, 1.807) is 17.0 Å². The van der Waals surface area contributed by atoms with E-state index in [0.717, 1.165) is 17.2 Å². The lowest BCUT2D eigenvalue weighted by Gasteiger charge is -2.29. The summed E-state index contributed by atoms with van der Waals surface area (Å²) >= 11 is 0. The summed E-state index contributed by atoms with van der Waals surface area (Å²) < 4.78 is 57.4. The van der Waals surface area contributed by atoms with Crippen LogP contribution in [0.25, 0.3) is 0 Å². The van der Waals surface area contributed by atoms with Crippen molar-refractivity contribution in [3.05, 3.63) is 64.7 Å². The SMILES string of the molecule is O=C(Cc1nn[nH]n1)N1CCc2ccc(Oc3ccc(C(F)(F)F)c(F)c3)cc2C1. The average molecular weight is 421 g/mol. The zero-order valence-corrected chi connectivity index (χ0v) is 15.4. The lowest BCUT2D eigenvalue weighted by atomic mass is 9.99. The number of tetrazole rings is 1. The highest BCUT2D eigenvalue weighted by Gasteiger charge is 2.34. The molecule has 0 spiro atoms. The third-order valence-electron chi connectivity index (χ3n) is 4.72. The Morgan fingerprint density at radius 1 is 1.13 bits per heavy atom. The zero-order valence-electron chi connectivity index (χ0n) is 15.4. The van der Waals surface area contributed by atoms with Gasteiger partial charge in [-0.2, -0.15) is 18.4 Å². The third-order valence-corrected chi connectivity index (χ3v) is 4.72. The molecule has 156 valence electrons. The normalized spacial score (nSPS) is 13.8. The van der Waals surface area contributed by atoms with E-state index in [9.17, 15) is 22.4 Å². The molecule has 0 atom stereocenters. The minimum absolute atomic E-state index is 0.0207. The van der Waals surface area contributed by atoms with Crippen molar-refractivity contribution in [3.63, 3.8) is 0 Å². The summed E-state index contributed by atoms with van der Waals surface area (Å²) in [5.41, 5.74) is 0.521. The molecule has 0 saturated carbocycles. The topological polar surface area (TPSA) is 84.0 Å². The maximum absolute atomic E-state index is 13.8. The molecular weight excluding hydrogens is 406 g/mol. The summed E-state index contributed by atoms with van der Waals surface area (Å²) in [5.74, 6) is -0.983. The molecule has 30 heavy (non-hydrogen) atoms. The standard InChI is InChI=1S/C19H15F4N5O2/c20-16-8-14(3-4-15(16)19(21,22)23)30-13-2-1-11-5-6-28(10-12(11)7-13)18(29)9-17-24-26-27-25-17/h1-4,7-8H,5-6,9-10H2,(H,24,25,26,27). The monoisotopic (exact) mass is 421 g/mol. The molecule has 2 heterocycles. The molecule has 0 bridgehead atoms. The van der Waals surface area contributed by atoms with Crippen LogP contribution in [0.4, 0.5) is 17.6 Å². The van der Waals surface area contributed by atoms with Gasteiger partial charge in [0.15, 0.2) is 5.82 Å². The lowest BCUT2D eigenvalue weighted by Crippen LogP contribution is -2.37. The molecule has 1 N–H and O–H groups in total. The summed E-state index contributed by atoms with van der Waals surface area (Å²) in [6.07, 6.45) is -4.11. The van der Waals surface area contributed by atoms with Crippen molar-refractivity contribution in [1.82, 2.24) is 25.5 Å². The van der Waals surface area contributed by atoms with Crippen LogP contribution < -0.4 is 4.74 Å². The zero-order chi connectivity index (χ0) is 21.3. The molecule has 1 amide bonds. The van der Waals surface area contributed by atoms with Crippen molar-refractivity contribution in [2.75, 3.05) is 6.54 Å². The molecule has 1 aromatic heterocycles. The second-order valence-corrected chi connectivity index (χ2v) is 6.74. The number of alkyl halides is 3. The molecule has 1 aliphatic heterocycles. The molecule has 3 aromatic rings. The van der Waals surface area contributed by atoms with Gasteiger partial charge in [0.1, 0.15) is 17.3 Å². The first kappa shape index (κ1) is 19.8. The van der Waals surface area contributed by atoms with E-state index in [2.05, 4.69) is 20.6 Å². The lowest BCUT2D eigenvalue weighted by molar-refractivity contribution is -0.140. The quantitative estimate of drug-likeness (QED) is 0.654. The number of ether oxygens (including phenoxy) is 1. The molecule has 11 heteroatoms. The van der Waals surface area contributed by atoms with Gasteiger partial charge in [-0.05, 0) is 41.8 Å². The van der Waals surface area contributed by atoms with E-state index in [4.69, 9.17) is 4.74 Å². The number of H-pyrrole nitrogens is 1. The van der Waals surface area contributed by atoms with Crippen molar-refractivity contribution in [1.29, 1.82) is 0 Å². The minimum Gasteiger partial charge on any atom is -0.457 e. The molecule has 0 unspecified atom stereocenters. The van der Waals surface area contributed by atoms with Crippen LogP contribution in [0.5, 0.6) is 11.5 Å². The van der Waals surface area contributed by atoms with Gasteiger partial charge < -0.3 is 9.64 Å². The largest absolute Gasteiger partial charge is 0.457 e. The Hall–Kier alpha value is -3.50. The number of carbonyl (C=O) groups is 1. The average Bonchev–Trinajstić information content (AvgIpc) is 3.19. The molecule has 4 rings (SSSR count). The minimum atomic E-state index is -4.77. The van der Waals surface area contributed by atoms with E-state index < -0.39 is 17.6 Å². The van der Waals surface area contributed by atoms with Crippen LogP contribution in [0.2, 0.25) is 0 Å². The molecule has 0 radical (unpaired) electrons. The number of hydrogen-bond acceptors (Lipinski definition) is 5. The van der Waals surface area contributed by atoms with Gasteiger partial charge in [0.25, 0.3) is 0 Å². The molecule has 0 aliphatic carbocycles. The van der Waals surface area contributed by atoms with E-state index in [0.29, 0.717) is 43.2 Å². The second kappa shape index (κ2) is 7.73. The Morgan fingerprint density at radius 2 is 1.90 bits per heavy atom. The Bertz CT molecular complexity index is 1070. The Kier molecular flexibility index (Phi) is 5.10. The summed E-state index contributed by atoms with van der Waals surface area (Å²) in [4.78, 5) is 14.1. The fourth-order valence-corrected chi connectivity index (χ4v) is 3.24. The number of aromatic amines is 1. The number of nitrogens with one attached hydrogen (secondary N) is 1. The highest BCUT2D eigenvalue weighted by atomic mass is 19.4. The highest BCUT2D eigenvalue weighted by Crippen LogP contribution is 2.34. The van der Waals surface area contributed by atoms with Gasteiger partial charge in [-0.15, -0.1) is 10.2 Å². The van der Waals surface area contributed by atoms with Crippen LogP contribution >= 0.6 is 0 Å². The van der Waals surface area contributed by atoms with E-state index >= 15 is 0 Å². The third kappa shape index (κ3) is 4.24. The number of nitrogens with zero attached hydrogens (tertiary/aromatic N) is 4. The molecule has 2 aromatic carbocycles. The Morgan fingerprint density at radius 3 is 2.60 bits per heavy atom.